The van der Waals surface area contributed by atoms with Crippen LogP contribution in [0.4, 0.5) is 0 Å². The first kappa shape index (κ1) is 11.0. The predicted octanol–water partition coefficient (Wildman–Crippen LogP) is 3.31. The van der Waals surface area contributed by atoms with Crippen LogP contribution in [0.2, 0.25) is 5.02 Å². The van der Waals surface area contributed by atoms with Crippen LogP contribution in [-0.2, 0) is 6.54 Å². The van der Waals surface area contributed by atoms with E-state index < -0.39 is 0 Å². The van der Waals surface area contributed by atoms with Crippen molar-refractivity contribution < 1.29 is 4.79 Å². The van der Waals surface area contributed by atoms with Crippen LogP contribution in [0, 0.1) is 6.92 Å². The monoisotopic (exact) mass is 233 g/mol. The summed E-state index contributed by atoms with van der Waals surface area (Å²) in [6.45, 7) is 2.69. The van der Waals surface area contributed by atoms with Gasteiger partial charge in [-0.15, -0.1) is 0 Å². The van der Waals surface area contributed by atoms with E-state index in [4.69, 9.17) is 11.6 Å². The summed E-state index contributed by atoms with van der Waals surface area (Å²) in [6, 6.07) is 11.4. The second-order valence-corrected chi connectivity index (χ2v) is 4.17. The molecule has 2 nitrogen and oxygen atoms in total. The Hall–Kier alpha value is -1.54. The third kappa shape index (κ3) is 2.17. The van der Waals surface area contributed by atoms with Crippen molar-refractivity contribution in [2.24, 2.45) is 0 Å². The van der Waals surface area contributed by atoms with Gasteiger partial charge in [0.2, 0.25) is 0 Å². The molecule has 16 heavy (non-hydrogen) atoms. The molecule has 0 saturated heterocycles. The minimum atomic E-state index is 0.698. The third-order valence-electron chi connectivity index (χ3n) is 2.61. The normalized spacial score (nSPS) is 10.4. The van der Waals surface area contributed by atoms with Crippen molar-refractivity contribution >= 4 is 17.9 Å². The molecule has 0 fully saturated rings. The van der Waals surface area contributed by atoms with Crippen LogP contribution in [-0.4, -0.2) is 10.9 Å². The molecular formula is C13H12ClNO. The SMILES string of the molecule is Cc1ccc(C=O)n1Cc1ccc(Cl)cc1. The molecule has 1 heterocycles. The Morgan fingerprint density at radius 2 is 1.88 bits per heavy atom. The molecule has 0 N–H and O–H groups in total. The maximum atomic E-state index is 10.8. The van der Waals surface area contributed by atoms with Crippen molar-refractivity contribution in [1.82, 2.24) is 4.57 Å². The Balaban J connectivity index is 2.29. The van der Waals surface area contributed by atoms with Crippen LogP contribution >= 0.6 is 11.6 Å². The van der Waals surface area contributed by atoms with Gasteiger partial charge in [0.1, 0.15) is 0 Å². The lowest BCUT2D eigenvalue weighted by atomic mass is 10.2. The number of halogens is 1. The summed E-state index contributed by atoms with van der Waals surface area (Å²) in [5.41, 5.74) is 2.91. The fourth-order valence-corrected chi connectivity index (χ4v) is 1.81. The quantitative estimate of drug-likeness (QED) is 0.746. The predicted molar refractivity (Wildman–Crippen MR) is 65.1 cm³/mol. The minimum Gasteiger partial charge on any atom is -0.338 e. The number of carbonyl (C=O) groups excluding carboxylic acids is 1. The Labute approximate surface area is 99.5 Å². The van der Waals surface area contributed by atoms with E-state index in [1.165, 1.54) is 0 Å². The van der Waals surface area contributed by atoms with Crippen molar-refractivity contribution in [3.63, 3.8) is 0 Å². The van der Waals surface area contributed by atoms with E-state index in [0.29, 0.717) is 12.2 Å². The molecule has 3 heteroatoms. The Morgan fingerprint density at radius 3 is 2.50 bits per heavy atom. The maximum absolute atomic E-state index is 10.8. The van der Waals surface area contributed by atoms with Gasteiger partial charge in [-0.1, -0.05) is 23.7 Å². The number of hydrogen-bond donors (Lipinski definition) is 0. The lowest BCUT2D eigenvalue weighted by molar-refractivity contribution is 0.111. The topological polar surface area (TPSA) is 22.0 Å². The summed E-state index contributed by atoms with van der Waals surface area (Å²) in [7, 11) is 0. The molecule has 1 aromatic carbocycles. The number of carbonyl (C=O) groups is 1. The highest BCUT2D eigenvalue weighted by molar-refractivity contribution is 6.30. The Kier molecular flexibility index (Phi) is 3.11. The van der Waals surface area contributed by atoms with Gasteiger partial charge in [-0.25, -0.2) is 0 Å². The lowest BCUT2D eigenvalue weighted by Crippen LogP contribution is -2.05. The molecule has 0 saturated carbocycles. The third-order valence-corrected chi connectivity index (χ3v) is 2.86. The number of benzene rings is 1. The van der Waals surface area contributed by atoms with E-state index in [1.807, 2.05) is 47.9 Å². The van der Waals surface area contributed by atoms with Crippen molar-refractivity contribution in [3.05, 3.63) is 58.4 Å². The average Bonchev–Trinajstić information content (AvgIpc) is 2.63. The highest BCUT2D eigenvalue weighted by Crippen LogP contribution is 2.13. The summed E-state index contributed by atoms with van der Waals surface area (Å²) >= 11 is 5.82. The van der Waals surface area contributed by atoms with Gasteiger partial charge in [0.05, 0.1) is 5.69 Å². The van der Waals surface area contributed by atoms with Crippen molar-refractivity contribution in [2.45, 2.75) is 13.5 Å². The fraction of sp³-hybridized carbons (Fsp3) is 0.154. The first-order valence-electron chi connectivity index (χ1n) is 5.06. The zero-order valence-corrected chi connectivity index (χ0v) is 9.74. The van der Waals surface area contributed by atoms with Gasteiger partial charge in [-0.3, -0.25) is 4.79 Å². The lowest BCUT2D eigenvalue weighted by Gasteiger charge is -2.08. The molecule has 0 amide bonds. The summed E-state index contributed by atoms with van der Waals surface area (Å²) in [5, 5.41) is 0.726. The van der Waals surface area contributed by atoms with Gasteiger partial charge >= 0.3 is 0 Å². The molecule has 0 spiro atoms. The van der Waals surface area contributed by atoms with E-state index >= 15 is 0 Å². The van der Waals surface area contributed by atoms with E-state index in [2.05, 4.69) is 0 Å². The Morgan fingerprint density at radius 1 is 1.19 bits per heavy atom. The largest absolute Gasteiger partial charge is 0.338 e. The standard InChI is InChI=1S/C13H12ClNO/c1-10-2-7-13(9-16)15(10)8-11-3-5-12(14)6-4-11/h2-7,9H,8H2,1H3. The molecule has 0 bridgehead atoms. The van der Waals surface area contributed by atoms with Crippen LogP contribution in [0.5, 0.6) is 0 Å². The number of aryl methyl sites for hydroxylation is 1. The summed E-state index contributed by atoms with van der Waals surface area (Å²) in [4.78, 5) is 10.8. The number of rotatable bonds is 3. The fourth-order valence-electron chi connectivity index (χ4n) is 1.68. The molecule has 0 aliphatic heterocycles. The van der Waals surface area contributed by atoms with Crippen LogP contribution in [0.3, 0.4) is 0 Å². The molecule has 82 valence electrons. The second-order valence-electron chi connectivity index (χ2n) is 3.73. The van der Waals surface area contributed by atoms with E-state index in [1.54, 1.807) is 0 Å². The number of aldehydes is 1. The highest BCUT2D eigenvalue weighted by Gasteiger charge is 2.04. The van der Waals surface area contributed by atoms with Crippen molar-refractivity contribution in [3.8, 4) is 0 Å². The van der Waals surface area contributed by atoms with Gasteiger partial charge in [0, 0.05) is 17.3 Å². The van der Waals surface area contributed by atoms with Gasteiger partial charge in [0.25, 0.3) is 0 Å². The molecule has 2 aromatic rings. The maximum Gasteiger partial charge on any atom is 0.166 e. The second kappa shape index (κ2) is 4.54. The van der Waals surface area contributed by atoms with Crippen molar-refractivity contribution in [2.75, 3.05) is 0 Å². The van der Waals surface area contributed by atoms with Gasteiger partial charge < -0.3 is 4.57 Å². The zero-order chi connectivity index (χ0) is 11.5. The van der Waals surface area contributed by atoms with Gasteiger partial charge in [-0.2, -0.15) is 0 Å². The van der Waals surface area contributed by atoms with Crippen LogP contribution < -0.4 is 0 Å². The number of hydrogen-bond acceptors (Lipinski definition) is 1. The highest BCUT2D eigenvalue weighted by atomic mass is 35.5. The molecular weight excluding hydrogens is 222 g/mol. The van der Waals surface area contributed by atoms with Crippen molar-refractivity contribution in [1.29, 1.82) is 0 Å². The first-order valence-corrected chi connectivity index (χ1v) is 5.44. The number of aromatic nitrogens is 1. The van der Waals surface area contributed by atoms with E-state index in [9.17, 15) is 4.79 Å². The van der Waals surface area contributed by atoms with Gasteiger partial charge in [-0.05, 0) is 36.8 Å². The average molecular weight is 234 g/mol. The summed E-state index contributed by atoms with van der Waals surface area (Å²) in [5.74, 6) is 0. The van der Waals surface area contributed by atoms with Gasteiger partial charge in [0.15, 0.2) is 6.29 Å². The molecule has 0 unspecified atom stereocenters. The molecule has 1 aromatic heterocycles. The number of nitrogens with zero attached hydrogens (tertiary/aromatic N) is 1. The van der Waals surface area contributed by atoms with Crippen LogP contribution in [0.15, 0.2) is 36.4 Å². The molecule has 0 atom stereocenters. The zero-order valence-electron chi connectivity index (χ0n) is 8.98. The molecule has 2 rings (SSSR count). The molecule has 0 aliphatic rings. The smallest absolute Gasteiger partial charge is 0.166 e. The van der Waals surface area contributed by atoms with Crippen LogP contribution in [0.1, 0.15) is 21.7 Å². The Bertz CT molecular complexity index is 499. The minimum absolute atomic E-state index is 0.698. The first-order chi connectivity index (χ1) is 7.70. The summed E-state index contributed by atoms with van der Waals surface area (Å²) < 4.78 is 1.98. The van der Waals surface area contributed by atoms with E-state index in [-0.39, 0.29) is 0 Å². The van der Waals surface area contributed by atoms with E-state index in [0.717, 1.165) is 22.6 Å². The van der Waals surface area contributed by atoms with Crippen LogP contribution in [0.25, 0.3) is 0 Å². The summed E-state index contributed by atoms with van der Waals surface area (Å²) in [6.07, 6.45) is 0.878. The molecule has 0 aliphatic carbocycles. The molecule has 0 radical (unpaired) electrons.